The second kappa shape index (κ2) is 11.7. The van der Waals surface area contributed by atoms with Gasteiger partial charge in [0, 0.05) is 49.9 Å². The molecule has 37 heavy (non-hydrogen) atoms. The van der Waals surface area contributed by atoms with Crippen molar-refractivity contribution in [3.63, 3.8) is 0 Å². The first-order valence-electron chi connectivity index (χ1n) is 12.8. The standard InChI is InChI=1S/C28H36BrN3O4S/c1-4-13-30(3)25(34)21-22-26(35)32(15-9-10-16-33)24(28(22)17-20(29)23(21)37-28)27(36)31(14-5-2)18-19-11-7-6-8-12-19/h4-8,11-12,20-24,33H,1-2,9-10,13-18H2,3H3/t20?,21-,22+,23-,24?,28?/m1/s1. The van der Waals surface area contributed by atoms with Gasteiger partial charge >= 0.3 is 0 Å². The van der Waals surface area contributed by atoms with Crippen LogP contribution in [-0.2, 0) is 20.9 Å². The smallest absolute Gasteiger partial charge is 0.247 e. The number of fused-ring (bicyclic) bond motifs is 1. The summed E-state index contributed by atoms with van der Waals surface area (Å²) in [5.74, 6) is -1.35. The topological polar surface area (TPSA) is 81.2 Å². The Morgan fingerprint density at radius 2 is 1.89 bits per heavy atom. The van der Waals surface area contributed by atoms with Gasteiger partial charge in [-0.2, -0.15) is 0 Å². The van der Waals surface area contributed by atoms with Gasteiger partial charge in [-0.3, -0.25) is 14.4 Å². The van der Waals surface area contributed by atoms with Crippen molar-refractivity contribution in [2.75, 3.05) is 33.3 Å². The number of rotatable bonds is 12. The van der Waals surface area contributed by atoms with E-state index in [4.69, 9.17) is 0 Å². The Labute approximate surface area is 232 Å². The Morgan fingerprint density at radius 1 is 1.19 bits per heavy atom. The van der Waals surface area contributed by atoms with Gasteiger partial charge in [0.2, 0.25) is 17.7 Å². The highest BCUT2D eigenvalue weighted by atomic mass is 79.9. The van der Waals surface area contributed by atoms with E-state index in [1.54, 1.807) is 45.7 Å². The zero-order valence-electron chi connectivity index (χ0n) is 21.3. The third kappa shape index (κ3) is 5.02. The number of amides is 3. The zero-order chi connectivity index (χ0) is 26.7. The van der Waals surface area contributed by atoms with Crippen molar-refractivity contribution in [1.82, 2.24) is 14.7 Å². The van der Waals surface area contributed by atoms with E-state index in [0.717, 1.165) is 5.56 Å². The molecule has 4 rings (SSSR count). The number of hydrogen-bond donors (Lipinski definition) is 1. The van der Waals surface area contributed by atoms with Crippen LogP contribution in [0.5, 0.6) is 0 Å². The summed E-state index contributed by atoms with van der Waals surface area (Å²) in [5.41, 5.74) is 1.00. The zero-order valence-corrected chi connectivity index (χ0v) is 23.7. The lowest BCUT2D eigenvalue weighted by Crippen LogP contribution is -2.55. The number of unbranched alkanes of at least 4 members (excludes halogenated alkanes) is 1. The number of halogens is 1. The number of carbonyl (C=O) groups is 3. The van der Waals surface area contributed by atoms with Gasteiger partial charge in [-0.15, -0.1) is 24.9 Å². The molecule has 0 saturated carbocycles. The van der Waals surface area contributed by atoms with Crippen LogP contribution in [0.2, 0.25) is 0 Å². The van der Waals surface area contributed by atoms with E-state index in [1.165, 1.54) is 0 Å². The number of aliphatic hydroxyl groups is 1. The van der Waals surface area contributed by atoms with Crippen LogP contribution >= 0.6 is 27.7 Å². The molecule has 7 nitrogen and oxygen atoms in total. The lowest BCUT2D eigenvalue weighted by Gasteiger charge is -2.38. The van der Waals surface area contributed by atoms with Crippen molar-refractivity contribution in [2.24, 2.45) is 11.8 Å². The second-order valence-corrected chi connectivity index (χ2v) is 12.8. The predicted octanol–water partition coefficient (Wildman–Crippen LogP) is 3.08. The first-order valence-corrected chi connectivity index (χ1v) is 14.6. The molecule has 1 aromatic rings. The fourth-order valence-corrected chi connectivity index (χ4v) is 9.83. The summed E-state index contributed by atoms with van der Waals surface area (Å²) >= 11 is 5.46. The summed E-state index contributed by atoms with van der Waals surface area (Å²) in [7, 11) is 1.74. The normalized spacial score (nSPS) is 29.8. The van der Waals surface area contributed by atoms with Crippen LogP contribution in [0.15, 0.2) is 55.6 Å². The second-order valence-electron chi connectivity index (χ2n) is 10.1. The maximum absolute atomic E-state index is 14.4. The molecule has 3 fully saturated rings. The molecule has 0 radical (unpaired) electrons. The summed E-state index contributed by atoms with van der Waals surface area (Å²) in [6, 6.07) is 9.12. The number of hydrogen-bond acceptors (Lipinski definition) is 5. The van der Waals surface area contributed by atoms with E-state index in [9.17, 15) is 19.5 Å². The molecule has 0 aromatic heterocycles. The number of benzene rings is 1. The molecule has 3 aliphatic heterocycles. The summed E-state index contributed by atoms with van der Waals surface area (Å²) in [6.45, 7) is 9.20. The van der Waals surface area contributed by atoms with Crippen LogP contribution in [0.1, 0.15) is 24.8 Å². The molecular weight excluding hydrogens is 554 g/mol. The highest BCUT2D eigenvalue weighted by Gasteiger charge is 2.75. The van der Waals surface area contributed by atoms with Crippen molar-refractivity contribution < 1.29 is 19.5 Å². The van der Waals surface area contributed by atoms with E-state index in [-0.39, 0.29) is 34.4 Å². The molecule has 3 saturated heterocycles. The molecule has 0 aliphatic carbocycles. The highest BCUT2D eigenvalue weighted by Crippen LogP contribution is 2.68. The van der Waals surface area contributed by atoms with Crippen molar-refractivity contribution >= 4 is 45.4 Å². The molecule has 1 N–H and O–H groups in total. The number of nitrogens with zero attached hydrogens (tertiary/aromatic N) is 3. The first kappa shape index (κ1) is 27.9. The predicted molar refractivity (Wildman–Crippen MR) is 150 cm³/mol. The van der Waals surface area contributed by atoms with Gasteiger partial charge in [0.25, 0.3) is 0 Å². The van der Waals surface area contributed by atoms with E-state index in [1.807, 2.05) is 30.3 Å². The minimum Gasteiger partial charge on any atom is -0.396 e. The van der Waals surface area contributed by atoms with Crippen LogP contribution in [0, 0.1) is 11.8 Å². The fourth-order valence-electron chi connectivity index (χ4n) is 6.23. The molecular formula is C28H36BrN3O4S. The number of aliphatic hydroxyl groups excluding tert-OH is 1. The summed E-state index contributed by atoms with van der Waals surface area (Å²) in [5, 5.41) is 9.29. The molecule has 3 unspecified atom stereocenters. The van der Waals surface area contributed by atoms with Gasteiger partial charge < -0.3 is 19.8 Å². The fraction of sp³-hybridized carbons (Fsp3) is 0.536. The van der Waals surface area contributed by atoms with Crippen molar-refractivity contribution in [2.45, 2.75) is 46.7 Å². The van der Waals surface area contributed by atoms with Gasteiger partial charge in [-0.1, -0.05) is 58.4 Å². The van der Waals surface area contributed by atoms with Crippen LogP contribution in [0.25, 0.3) is 0 Å². The number of likely N-dealkylation sites (tertiary alicyclic amines) is 1. The molecule has 9 heteroatoms. The molecule has 1 aromatic carbocycles. The minimum atomic E-state index is -0.683. The van der Waals surface area contributed by atoms with Gasteiger partial charge in [0.15, 0.2) is 0 Å². The Balaban J connectivity index is 1.73. The maximum Gasteiger partial charge on any atom is 0.247 e. The lowest BCUT2D eigenvalue weighted by atomic mass is 9.70. The van der Waals surface area contributed by atoms with Crippen LogP contribution in [-0.4, -0.2) is 91.7 Å². The van der Waals surface area contributed by atoms with Crippen molar-refractivity contribution in [1.29, 1.82) is 0 Å². The van der Waals surface area contributed by atoms with Gasteiger partial charge in [0.1, 0.15) is 6.04 Å². The molecule has 200 valence electrons. The molecule has 1 spiro atoms. The summed E-state index contributed by atoms with van der Waals surface area (Å²) in [4.78, 5) is 47.2. The van der Waals surface area contributed by atoms with E-state index >= 15 is 0 Å². The summed E-state index contributed by atoms with van der Waals surface area (Å²) in [6.07, 6.45) is 5.18. The average Bonchev–Trinajstić information content (AvgIpc) is 3.47. The van der Waals surface area contributed by atoms with E-state index in [2.05, 4.69) is 29.1 Å². The Hall–Kier alpha value is -2.10. The van der Waals surface area contributed by atoms with Crippen LogP contribution in [0.4, 0.5) is 0 Å². The number of thioether (sulfide) groups is 1. The van der Waals surface area contributed by atoms with E-state index < -0.39 is 22.6 Å². The van der Waals surface area contributed by atoms with Gasteiger partial charge in [-0.05, 0) is 24.8 Å². The summed E-state index contributed by atoms with van der Waals surface area (Å²) < 4.78 is -0.683. The number of likely N-dealkylation sites (N-methyl/N-ethyl adjacent to an activating group) is 1. The van der Waals surface area contributed by atoms with Gasteiger partial charge in [0.05, 0.1) is 16.6 Å². The third-order valence-corrected chi connectivity index (χ3v) is 11.0. The first-order chi connectivity index (χ1) is 17.8. The highest BCUT2D eigenvalue weighted by molar-refractivity contribution is 9.09. The molecule has 3 aliphatic rings. The Morgan fingerprint density at radius 3 is 2.54 bits per heavy atom. The van der Waals surface area contributed by atoms with Crippen molar-refractivity contribution in [3.05, 3.63) is 61.2 Å². The molecule has 2 bridgehead atoms. The molecule has 6 atom stereocenters. The van der Waals surface area contributed by atoms with Gasteiger partial charge in [-0.25, -0.2) is 0 Å². The minimum absolute atomic E-state index is 0.0273. The van der Waals surface area contributed by atoms with Crippen LogP contribution < -0.4 is 0 Å². The van der Waals surface area contributed by atoms with E-state index in [0.29, 0.717) is 45.4 Å². The Kier molecular flexibility index (Phi) is 8.86. The number of alkyl halides is 1. The largest absolute Gasteiger partial charge is 0.396 e. The lowest BCUT2D eigenvalue weighted by molar-refractivity contribution is -0.144. The quantitative estimate of drug-likeness (QED) is 0.230. The Bertz CT molecular complexity index is 1040. The third-order valence-electron chi connectivity index (χ3n) is 7.77. The SMILES string of the molecule is C=CCN(C)C(=O)[C@H]1[C@@H]2SC3(CC2Br)C(C(=O)N(CC=C)Cc2ccccc2)N(CCCCO)C(=O)[C@H]13. The molecule has 3 heterocycles. The van der Waals surface area contributed by atoms with Crippen LogP contribution in [0.3, 0.4) is 0 Å². The monoisotopic (exact) mass is 589 g/mol. The maximum atomic E-state index is 14.4. The molecule has 3 amide bonds. The number of carbonyl (C=O) groups excluding carboxylic acids is 3. The average molecular weight is 591 g/mol. The van der Waals surface area contributed by atoms with Crippen molar-refractivity contribution in [3.8, 4) is 0 Å².